The van der Waals surface area contributed by atoms with E-state index in [0.29, 0.717) is 11.5 Å². The number of carbonyl (C=O) groups excluding carboxylic acids is 1. The zero-order valence-corrected chi connectivity index (χ0v) is 14.4. The predicted molar refractivity (Wildman–Crippen MR) is 105 cm³/mol. The topological polar surface area (TPSA) is 70.2 Å². The third-order valence-corrected chi connectivity index (χ3v) is 3.73. The molecule has 0 saturated heterocycles. The van der Waals surface area contributed by atoms with Crippen LogP contribution in [0, 0.1) is 0 Å². The molecule has 0 unspecified atom stereocenters. The Morgan fingerprint density at radius 3 is 2.58 bits per heavy atom. The van der Waals surface area contributed by atoms with E-state index < -0.39 is 0 Å². The summed E-state index contributed by atoms with van der Waals surface area (Å²) in [4.78, 5) is 22.0. The molecule has 130 valence electrons. The van der Waals surface area contributed by atoms with Gasteiger partial charge in [-0.1, -0.05) is 30.8 Å². The zero-order valence-electron chi connectivity index (χ0n) is 14.4. The van der Waals surface area contributed by atoms with Gasteiger partial charge in [-0.05, 0) is 36.4 Å². The molecule has 0 radical (unpaired) electrons. The first-order valence-electron chi connectivity index (χ1n) is 8.07. The van der Waals surface area contributed by atoms with Crippen molar-refractivity contribution in [2.75, 3.05) is 22.6 Å². The SMILES string of the molecule is C=CC(=O)Nc1cccc(Nc2cc(N(C)c3ccccc3)ncn2)c1. The largest absolute Gasteiger partial charge is 0.340 e. The highest BCUT2D eigenvalue weighted by atomic mass is 16.1. The molecule has 0 saturated carbocycles. The standard InChI is InChI=1S/C20H19N5O/c1-3-20(26)24-16-9-7-8-15(12-16)23-18-13-19(22-14-21-18)25(2)17-10-5-4-6-11-17/h3-14H,1H2,2H3,(H,24,26)(H,21,22,23). The second kappa shape index (κ2) is 7.94. The van der Waals surface area contributed by atoms with E-state index in [9.17, 15) is 4.79 Å². The maximum absolute atomic E-state index is 11.4. The minimum absolute atomic E-state index is 0.254. The lowest BCUT2D eigenvalue weighted by molar-refractivity contribution is -0.111. The minimum Gasteiger partial charge on any atom is -0.340 e. The highest BCUT2D eigenvalue weighted by Gasteiger charge is 2.07. The van der Waals surface area contributed by atoms with Crippen molar-refractivity contribution in [3.05, 3.63) is 79.6 Å². The quantitative estimate of drug-likeness (QED) is 0.658. The number of aromatic nitrogens is 2. The van der Waals surface area contributed by atoms with Crippen molar-refractivity contribution < 1.29 is 4.79 Å². The molecule has 6 nitrogen and oxygen atoms in total. The van der Waals surface area contributed by atoms with Gasteiger partial charge in [0.25, 0.3) is 0 Å². The van der Waals surface area contributed by atoms with Gasteiger partial charge in [-0.25, -0.2) is 9.97 Å². The van der Waals surface area contributed by atoms with E-state index >= 15 is 0 Å². The van der Waals surface area contributed by atoms with Gasteiger partial charge in [-0.3, -0.25) is 4.79 Å². The molecular formula is C20H19N5O. The van der Waals surface area contributed by atoms with Crippen molar-refractivity contribution in [1.29, 1.82) is 0 Å². The molecule has 1 aromatic heterocycles. The van der Waals surface area contributed by atoms with E-state index in [0.717, 1.165) is 17.2 Å². The Hall–Kier alpha value is -3.67. The summed E-state index contributed by atoms with van der Waals surface area (Å²) in [7, 11) is 1.95. The number of amides is 1. The van der Waals surface area contributed by atoms with Crippen molar-refractivity contribution in [2.45, 2.75) is 0 Å². The Balaban J connectivity index is 1.78. The fraction of sp³-hybridized carbons (Fsp3) is 0.0500. The molecule has 26 heavy (non-hydrogen) atoms. The van der Waals surface area contributed by atoms with E-state index in [-0.39, 0.29) is 5.91 Å². The van der Waals surface area contributed by atoms with E-state index in [1.807, 2.05) is 66.5 Å². The summed E-state index contributed by atoms with van der Waals surface area (Å²) in [6.45, 7) is 3.45. The molecule has 2 aromatic carbocycles. The lowest BCUT2D eigenvalue weighted by Gasteiger charge is -2.18. The summed E-state index contributed by atoms with van der Waals surface area (Å²) in [6, 6.07) is 19.2. The fourth-order valence-corrected chi connectivity index (χ4v) is 2.40. The summed E-state index contributed by atoms with van der Waals surface area (Å²) in [5.74, 6) is 1.17. The van der Waals surface area contributed by atoms with E-state index in [1.54, 1.807) is 6.07 Å². The summed E-state index contributed by atoms with van der Waals surface area (Å²) >= 11 is 0. The Kier molecular flexibility index (Phi) is 5.24. The highest BCUT2D eigenvalue weighted by Crippen LogP contribution is 2.24. The Bertz CT molecular complexity index is 911. The third kappa shape index (κ3) is 4.24. The molecule has 2 N–H and O–H groups in total. The summed E-state index contributed by atoms with van der Waals surface area (Å²) in [5.41, 5.74) is 2.51. The van der Waals surface area contributed by atoms with Gasteiger partial charge in [0, 0.05) is 30.2 Å². The van der Waals surface area contributed by atoms with Gasteiger partial charge in [0.1, 0.15) is 18.0 Å². The van der Waals surface area contributed by atoms with E-state index in [4.69, 9.17) is 0 Å². The van der Waals surface area contributed by atoms with Crippen LogP contribution < -0.4 is 15.5 Å². The second-order valence-corrected chi connectivity index (χ2v) is 5.56. The Labute approximate surface area is 152 Å². The molecule has 3 rings (SSSR count). The monoisotopic (exact) mass is 345 g/mol. The molecule has 0 aliphatic rings. The lowest BCUT2D eigenvalue weighted by atomic mass is 10.2. The van der Waals surface area contributed by atoms with Crippen LogP contribution >= 0.6 is 0 Å². The Morgan fingerprint density at radius 2 is 1.81 bits per heavy atom. The molecule has 0 bridgehead atoms. The van der Waals surface area contributed by atoms with E-state index in [2.05, 4.69) is 27.2 Å². The number of hydrogen-bond acceptors (Lipinski definition) is 5. The average molecular weight is 345 g/mol. The van der Waals surface area contributed by atoms with Crippen molar-refractivity contribution in [3.8, 4) is 0 Å². The molecule has 0 spiro atoms. The van der Waals surface area contributed by atoms with Crippen LogP contribution in [0.3, 0.4) is 0 Å². The summed E-state index contributed by atoms with van der Waals surface area (Å²) in [6.07, 6.45) is 2.75. The molecule has 0 aliphatic carbocycles. The molecular weight excluding hydrogens is 326 g/mol. The molecule has 1 amide bonds. The first-order chi connectivity index (χ1) is 12.7. The van der Waals surface area contributed by atoms with Gasteiger partial charge in [0.15, 0.2) is 0 Å². The van der Waals surface area contributed by atoms with Crippen LogP contribution in [0.1, 0.15) is 0 Å². The average Bonchev–Trinajstić information content (AvgIpc) is 2.68. The van der Waals surface area contributed by atoms with Gasteiger partial charge in [0.05, 0.1) is 0 Å². The first kappa shape index (κ1) is 17.2. The number of hydrogen-bond donors (Lipinski definition) is 2. The highest BCUT2D eigenvalue weighted by molar-refractivity contribution is 5.99. The van der Waals surface area contributed by atoms with Crippen LogP contribution in [0.4, 0.5) is 28.7 Å². The number of nitrogens with zero attached hydrogens (tertiary/aromatic N) is 3. The van der Waals surface area contributed by atoms with Crippen LogP contribution in [0.5, 0.6) is 0 Å². The summed E-state index contributed by atoms with van der Waals surface area (Å²) < 4.78 is 0. The molecule has 0 aliphatic heterocycles. The minimum atomic E-state index is -0.254. The Morgan fingerprint density at radius 1 is 1.04 bits per heavy atom. The number of rotatable bonds is 6. The van der Waals surface area contributed by atoms with Gasteiger partial charge >= 0.3 is 0 Å². The molecule has 0 fully saturated rings. The van der Waals surface area contributed by atoms with Gasteiger partial charge in [-0.2, -0.15) is 0 Å². The van der Waals surface area contributed by atoms with Crippen molar-refractivity contribution in [2.24, 2.45) is 0 Å². The first-order valence-corrected chi connectivity index (χ1v) is 8.07. The van der Waals surface area contributed by atoms with Crippen molar-refractivity contribution in [1.82, 2.24) is 9.97 Å². The van der Waals surface area contributed by atoms with Gasteiger partial charge < -0.3 is 15.5 Å². The molecule has 3 aromatic rings. The number of para-hydroxylation sites is 1. The van der Waals surface area contributed by atoms with Crippen molar-refractivity contribution in [3.63, 3.8) is 0 Å². The number of carbonyl (C=O) groups is 1. The van der Waals surface area contributed by atoms with Crippen LogP contribution in [0.25, 0.3) is 0 Å². The molecule has 1 heterocycles. The van der Waals surface area contributed by atoms with Crippen LogP contribution in [-0.4, -0.2) is 22.9 Å². The zero-order chi connectivity index (χ0) is 18.4. The summed E-state index contributed by atoms with van der Waals surface area (Å²) in [5, 5.41) is 5.96. The molecule has 6 heteroatoms. The van der Waals surface area contributed by atoms with Crippen LogP contribution in [0.15, 0.2) is 79.6 Å². The third-order valence-electron chi connectivity index (χ3n) is 3.73. The predicted octanol–water partition coefficient (Wildman–Crippen LogP) is 4.11. The number of nitrogens with one attached hydrogen (secondary N) is 2. The van der Waals surface area contributed by atoms with E-state index in [1.165, 1.54) is 12.4 Å². The normalized spacial score (nSPS) is 10.0. The molecule has 0 atom stereocenters. The fourth-order valence-electron chi connectivity index (χ4n) is 2.40. The smallest absolute Gasteiger partial charge is 0.247 e. The number of benzene rings is 2. The van der Waals surface area contributed by atoms with Gasteiger partial charge in [0.2, 0.25) is 5.91 Å². The van der Waals surface area contributed by atoms with Gasteiger partial charge in [-0.15, -0.1) is 0 Å². The van der Waals surface area contributed by atoms with Crippen LogP contribution in [0.2, 0.25) is 0 Å². The number of anilines is 5. The van der Waals surface area contributed by atoms with Crippen LogP contribution in [-0.2, 0) is 4.79 Å². The van der Waals surface area contributed by atoms with Crippen molar-refractivity contribution >= 4 is 34.6 Å². The maximum Gasteiger partial charge on any atom is 0.247 e. The second-order valence-electron chi connectivity index (χ2n) is 5.56. The maximum atomic E-state index is 11.4. The lowest BCUT2D eigenvalue weighted by Crippen LogP contribution is -2.11.